The Morgan fingerprint density at radius 3 is 2.45 bits per heavy atom. The van der Waals surface area contributed by atoms with Crippen molar-refractivity contribution in [2.45, 2.75) is 52.0 Å². The molecule has 0 atom stereocenters. The van der Waals surface area contributed by atoms with Crippen LogP contribution in [0.25, 0.3) is 0 Å². The second-order valence-electron chi connectivity index (χ2n) is 9.18. The molecule has 0 bridgehead atoms. The Bertz CT molecular complexity index is 941. The highest BCUT2D eigenvalue weighted by molar-refractivity contribution is 5.96. The molecule has 0 saturated carbocycles. The summed E-state index contributed by atoms with van der Waals surface area (Å²) in [4.78, 5) is 26.8. The minimum Gasteiger partial charge on any atom is -0.507 e. The van der Waals surface area contributed by atoms with Gasteiger partial charge < -0.3 is 20.1 Å². The lowest BCUT2D eigenvalue weighted by atomic mass is 9.85. The van der Waals surface area contributed by atoms with Crippen LogP contribution in [0.15, 0.2) is 42.5 Å². The van der Waals surface area contributed by atoms with Gasteiger partial charge in [-0.1, -0.05) is 50.6 Å². The van der Waals surface area contributed by atoms with Gasteiger partial charge in [0.2, 0.25) is 0 Å². The van der Waals surface area contributed by atoms with Crippen molar-refractivity contribution < 1.29 is 19.4 Å². The number of carbonyl (C=O) groups excluding carboxylic acids is 2. The molecule has 0 unspecified atom stereocenters. The first-order valence-electron chi connectivity index (χ1n) is 10.8. The third-order valence-corrected chi connectivity index (χ3v) is 5.63. The second kappa shape index (κ2) is 9.41. The van der Waals surface area contributed by atoms with Gasteiger partial charge in [0.15, 0.2) is 6.61 Å². The van der Waals surface area contributed by atoms with Crippen molar-refractivity contribution in [3.8, 4) is 11.5 Å². The zero-order valence-electron chi connectivity index (χ0n) is 18.8. The van der Waals surface area contributed by atoms with Crippen LogP contribution in [-0.2, 0) is 10.2 Å². The lowest BCUT2D eigenvalue weighted by Gasteiger charge is -2.32. The molecule has 0 aromatic heterocycles. The summed E-state index contributed by atoms with van der Waals surface area (Å²) in [6.07, 6.45) is 1.34. The number of hydrogen-bond donors (Lipinski definition) is 2. The maximum atomic E-state index is 12.7. The van der Waals surface area contributed by atoms with Crippen LogP contribution in [0.1, 0.15) is 55.1 Å². The van der Waals surface area contributed by atoms with E-state index in [1.165, 1.54) is 6.07 Å². The first-order chi connectivity index (χ1) is 14.6. The lowest BCUT2D eigenvalue weighted by molar-refractivity contribution is -0.134. The largest absolute Gasteiger partial charge is 0.507 e. The van der Waals surface area contributed by atoms with Crippen LogP contribution >= 0.6 is 0 Å². The molecule has 1 fully saturated rings. The van der Waals surface area contributed by atoms with Crippen LogP contribution in [0.2, 0.25) is 0 Å². The Labute approximate surface area is 184 Å². The number of likely N-dealkylation sites (tertiary alicyclic amines) is 1. The van der Waals surface area contributed by atoms with Crippen molar-refractivity contribution in [3.05, 3.63) is 59.2 Å². The smallest absolute Gasteiger partial charge is 0.260 e. The number of piperidine rings is 1. The fourth-order valence-corrected chi connectivity index (χ4v) is 3.79. The molecule has 6 nitrogen and oxygen atoms in total. The van der Waals surface area contributed by atoms with Crippen molar-refractivity contribution in [3.63, 3.8) is 0 Å². The molecule has 0 radical (unpaired) electrons. The van der Waals surface area contributed by atoms with E-state index in [2.05, 4.69) is 32.2 Å². The molecular formula is C25H32N2O4. The summed E-state index contributed by atoms with van der Waals surface area (Å²) < 4.78 is 5.91. The molecule has 31 heavy (non-hydrogen) atoms. The van der Waals surface area contributed by atoms with E-state index in [0.29, 0.717) is 25.9 Å². The van der Waals surface area contributed by atoms with Gasteiger partial charge in [0.1, 0.15) is 11.5 Å². The summed E-state index contributed by atoms with van der Waals surface area (Å²) in [6.45, 7) is 9.56. The van der Waals surface area contributed by atoms with Crippen molar-refractivity contribution in [1.82, 2.24) is 10.2 Å². The first kappa shape index (κ1) is 22.7. The number of carbonyl (C=O) groups is 2. The molecule has 166 valence electrons. The van der Waals surface area contributed by atoms with Crippen molar-refractivity contribution in [2.24, 2.45) is 0 Å². The van der Waals surface area contributed by atoms with Crippen LogP contribution < -0.4 is 10.1 Å². The average Bonchev–Trinajstić information content (AvgIpc) is 2.72. The topological polar surface area (TPSA) is 78.9 Å². The number of aryl methyl sites for hydroxylation is 1. The molecule has 1 aliphatic rings. The second-order valence-corrected chi connectivity index (χ2v) is 9.18. The molecular weight excluding hydrogens is 392 g/mol. The van der Waals surface area contributed by atoms with Crippen LogP contribution in [-0.4, -0.2) is 47.6 Å². The van der Waals surface area contributed by atoms with Gasteiger partial charge in [-0.15, -0.1) is 0 Å². The number of nitrogens with one attached hydrogen (secondary N) is 1. The molecule has 0 spiro atoms. The number of benzene rings is 2. The number of hydrogen-bond acceptors (Lipinski definition) is 4. The Kier molecular flexibility index (Phi) is 6.88. The Balaban J connectivity index is 1.51. The number of phenols is 1. The van der Waals surface area contributed by atoms with Crippen LogP contribution in [0.5, 0.6) is 11.5 Å². The van der Waals surface area contributed by atoms with E-state index in [1.807, 2.05) is 19.1 Å². The minimum atomic E-state index is -0.291. The highest BCUT2D eigenvalue weighted by atomic mass is 16.5. The van der Waals surface area contributed by atoms with Gasteiger partial charge in [-0.05, 0) is 48.9 Å². The summed E-state index contributed by atoms with van der Waals surface area (Å²) in [5, 5.41) is 12.8. The van der Waals surface area contributed by atoms with Gasteiger partial charge in [0.25, 0.3) is 11.8 Å². The van der Waals surface area contributed by atoms with Crippen molar-refractivity contribution in [1.29, 1.82) is 0 Å². The number of rotatable bonds is 5. The fourth-order valence-electron chi connectivity index (χ4n) is 3.79. The number of para-hydroxylation sites is 1. The molecule has 2 amide bonds. The molecule has 0 aliphatic carbocycles. The van der Waals surface area contributed by atoms with E-state index in [-0.39, 0.29) is 41.2 Å². The van der Waals surface area contributed by atoms with Gasteiger partial charge in [-0.3, -0.25) is 9.59 Å². The van der Waals surface area contributed by atoms with Crippen LogP contribution in [0.3, 0.4) is 0 Å². The number of amides is 2. The standard InChI is InChI=1S/C25H32N2O4/c1-17-9-10-22(20(15-17)25(2,3)4)31-16-23(29)27-13-11-18(12-14-27)26-24(30)19-7-5-6-8-21(19)28/h5-10,15,18,28H,11-14,16H2,1-4H3,(H,26,30). The average molecular weight is 425 g/mol. The maximum absolute atomic E-state index is 12.7. The molecule has 2 N–H and O–H groups in total. The molecule has 2 aromatic carbocycles. The number of nitrogens with zero attached hydrogens (tertiary/aromatic N) is 1. The third kappa shape index (κ3) is 5.78. The fraction of sp³-hybridized carbons (Fsp3) is 0.440. The van der Waals surface area contributed by atoms with Crippen LogP contribution in [0, 0.1) is 6.92 Å². The van der Waals surface area contributed by atoms with Gasteiger partial charge >= 0.3 is 0 Å². The van der Waals surface area contributed by atoms with Crippen molar-refractivity contribution in [2.75, 3.05) is 19.7 Å². The number of aromatic hydroxyl groups is 1. The summed E-state index contributed by atoms with van der Waals surface area (Å²) in [5.41, 5.74) is 2.44. The van der Waals surface area contributed by atoms with E-state index < -0.39 is 0 Å². The SMILES string of the molecule is Cc1ccc(OCC(=O)N2CCC(NC(=O)c3ccccc3O)CC2)c(C(C)(C)C)c1. The summed E-state index contributed by atoms with van der Waals surface area (Å²) >= 11 is 0. The van der Waals surface area contributed by atoms with Crippen molar-refractivity contribution >= 4 is 11.8 Å². The Hall–Kier alpha value is -3.02. The molecule has 6 heteroatoms. The zero-order chi connectivity index (χ0) is 22.6. The number of ether oxygens (including phenoxy) is 1. The number of phenolic OH excluding ortho intramolecular Hbond substituents is 1. The van der Waals surface area contributed by atoms with E-state index in [4.69, 9.17) is 4.74 Å². The van der Waals surface area contributed by atoms with E-state index in [0.717, 1.165) is 16.9 Å². The Morgan fingerprint density at radius 1 is 1.13 bits per heavy atom. The third-order valence-electron chi connectivity index (χ3n) is 5.63. The summed E-state index contributed by atoms with van der Waals surface area (Å²) in [6, 6.07) is 12.5. The molecule has 2 aromatic rings. The highest BCUT2D eigenvalue weighted by Crippen LogP contribution is 2.32. The minimum absolute atomic E-state index is 0.00105. The van der Waals surface area contributed by atoms with E-state index in [1.54, 1.807) is 23.1 Å². The monoisotopic (exact) mass is 424 g/mol. The summed E-state index contributed by atoms with van der Waals surface area (Å²) in [5.74, 6) is 0.373. The van der Waals surface area contributed by atoms with E-state index >= 15 is 0 Å². The van der Waals surface area contributed by atoms with Gasteiger partial charge in [0.05, 0.1) is 5.56 Å². The van der Waals surface area contributed by atoms with E-state index in [9.17, 15) is 14.7 Å². The maximum Gasteiger partial charge on any atom is 0.260 e. The molecule has 3 rings (SSSR count). The predicted molar refractivity (Wildman–Crippen MR) is 121 cm³/mol. The molecule has 1 saturated heterocycles. The Morgan fingerprint density at radius 2 is 1.81 bits per heavy atom. The summed E-state index contributed by atoms with van der Waals surface area (Å²) in [7, 11) is 0. The highest BCUT2D eigenvalue weighted by Gasteiger charge is 2.26. The normalized spacial score (nSPS) is 14.9. The zero-order valence-corrected chi connectivity index (χ0v) is 18.8. The van der Waals surface area contributed by atoms with Gasteiger partial charge in [0, 0.05) is 19.1 Å². The molecule has 1 heterocycles. The predicted octanol–water partition coefficient (Wildman–Crippen LogP) is 3.80. The first-order valence-corrected chi connectivity index (χ1v) is 10.8. The van der Waals surface area contributed by atoms with Gasteiger partial charge in [-0.2, -0.15) is 0 Å². The molecule has 1 aliphatic heterocycles. The van der Waals surface area contributed by atoms with Gasteiger partial charge in [-0.25, -0.2) is 0 Å². The quantitative estimate of drug-likeness (QED) is 0.765. The lowest BCUT2D eigenvalue weighted by Crippen LogP contribution is -2.47. The van der Waals surface area contributed by atoms with Crippen LogP contribution in [0.4, 0.5) is 0 Å².